The number of fused-ring (bicyclic) bond motifs is 2. The highest BCUT2D eigenvalue weighted by atomic mass is 16.5. The first-order chi connectivity index (χ1) is 16.8. The Morgan fingerprint density at radius 3 is 2.06 bits per heavy atom. The molecule has 0 spiro atoms. The molecule has 0 N–H and O–H groups in total. The van der Waals surface area contributed by atoms with Gasteiger partial charge in [0.2, 0.25) is 0 Å². The highest BCUT2D eigenvalue weighted by molar-refractivity contribution is 5.83. The molecule has 0 saturated heterocycles. The summed E-state index contributed by atoms with van der Waals surface area (Å²) in [6.07, 6.45) is 1.97. The van der Waals surface area contributed by atoms with Gasteiger partial charge in [-0.2, -0.15) is 0 Å². The minimum atomic E-state index is 0.187. The van der Waals surface area contributed by atoms with Gasteiger partial charge in [-0.15, -0.1) is 0 Å². The van der Waals surface area contributed by atoms with Crippen LogP contribution < -0.4 is 9.47 Å². The Labute approximate surface area is 201 Å². The molecule has 0 amide bonds. The lowest BCUT2D eigenvalue weighted by atomic mass is 9.75. The van der Waals surface area contributed by atoms with E-state index < -0.39 is 0 Å². The summed E-state index contributed by atoms with van der Waals surface area (Å²) < 4.78 is 11.8. The van der Waals surface area contributed by atoms with E-state index in [0.29, 0.717) is 0 Å². The monoisotopic (exact) mass is 447 g/mol. The highest BCUT2D eigenvalue weighted by Gasteiger charge is 2.40. The largest absolute Gasteiger partial charge is 0.493 e. The normalized spacial score (nSPS) is 16.6. The Bertz CT molecular complexity index is 1280. The first-order valence-electron chi connectivity index (χ1n) is 12.0. The van der Waals surface area contributed by atoms with Crippen molar-refractivity contribution >= 4 is 0 Å². The quantitative estimate of drug-likeness (QED) is 0.343. The van der Waals surface area contributed by atoms with Crippen molar-refractivity contribution in [3.05, 3.63) is 119 Å². The lowest BCUT2D eigenvalue weighted by molar-refractivity contribution is 0.142. The molecule has 1 unspecified atom stereocenters. The van der Waals surface area contributed by atoms with E-state index in [1.54, 1.807) is 14.2 Å². The number of benzene rings is 4. The van der Waals surface area contributed by atoms with Crippen LogP contribution in [0.1, 0.15) is 39.9 Å². The van der Waals surface area contributed by atoms with Gasteiger partial charge in [-0.3, -0.25) is 4.90 Å². The van der Waals surface area contributed by atoms with Gasteiger partial charge in [0.15, 0.2) is 11.5 Å². The number of ether oxygens (including phenoxy) is 2. The molecule has 1 heterocycles. The topological polar surface area (TPSA) is 21.7 Å². The summed E-state index contributed by atoms with van der Waals surface area (Å²) in [6, 6.07) is 33.3. The summed E-state index contributed by atoms with van der Waals surface area (Å²) in [5.41, 5.74) is 9.28. The van der Waals surface area contributed by atoms with Crippen LogP contribution in [-0.2, 0) is 12.8 Å². The zero-order valence-corrected chi connectivity index (χ0v) is 19.7. The predicted octanol–water partition coefficient (Wildman–Crippen LogP) is 6.62. The average molecular weight is 448 g/mol. The van der Waals surface area contributed by atoms with E-state index in [0.717, 1.165) is 30.9 Å². The second kappa shape index (κ2) is 8.66. The van der Waals surface area contributed by atoms with Crippen LogP contribution in [0.25, 0.3) is 11.1 Å². The molecule has 6 rings (SSSR count). The molecule has 34 heavy (non-hydrogen) atoms. The van der Waals surface area contributed by atoms with Crippen molar-refractivity contribution < 1.29 is 9.47 Å². The molecule has 1 atom stereocenters. The first-order valence-corrected chi connectivity index (χ1v) is 12.0. The minimum Gasteiger partial charge on any atom is -0.493 e. The van der Waals surface area contributed by atoms with Crippen LogP contribution in [0.5, 0.6) is 11.5 Å². The zero-order chi connectivity index (χ0) is 23.1. The molecular formula is C31H29NO2. The van der Waals surface area contributed by atoms with E-state index in [-0.39, 0.29) is 12.1 Å². The van der Waals surface area contributed by atoms with Gasteiger partial charge in [-0.05, 0) is 52.3 Å². The van der Waals surface area contributed by atoms with Crippen molar-refractivity contribution in [1.29, 1.82) is 0 Å². The Morgan fingerprint density at radius 2 is 1.41 bits per heavy atom. The van der Waals surface area contributed by atoms with Crippen LogP contribution in [0.3, 0.4) is 0 Å². The van der Waals surface area contributed by atoms with Gasteiger partial charge in [-0.1, -0.05) is 84.9 Å². The Hall–Kier alpha value is -3.56. The van der Waals surface area contributed by atoms with Gasteiger partial charge in [-0.25, -0.2) is 0 Å². The van der Waals surface area contributed by atoms with Crippen LogP contribution in [0.4, 0.5) is 0 Å². The van der Waals surface area contributed by atoms with Crippen LogP contribution in [0.2, 0.25) is 0 Å². The summed E-state index contributed by atoms with van der Waals surface area (Å²) in [6.45, 7) is 0.989. The van der Waals surface area contributed by atoms with Crippen molar-refractivity contribution in [2.24, 2.45) is 0 Å². The van der Waals surface area contributed by atoms with E-state index in [2.05, 4.69) is 95.9 Å². The third-order valence-electron chi connectivity index (χ3n) is 7.43. The second-order valence-corrected chi connectivity index (χ2v) is 9.15. The first kappa shape index (κ1) is 21.0. The molecule has 0 fully saturated rings. The second-order valence-electron chi connectivity index (χ2n) is 9.15. The smallest absolute Gasteiger partial charge is 0.168 e. The molecule has 2 aliphatic rings. The minimum absolute atomic E-state index is 0.187. The molecule has 0 bridgehead atoms. The SMILES string of the molecule is COc1cc2c3c(c1OC)-c1ccccc1CC3N(C(c1ccccc1)c1ccccc1)CC2. The van der Waals surface area contributed by atoms with Crippen molar-refractivity contribution in [1.82, 2.24) is 4.90 Å². The maximum absolute atomic E-state index is 5.98. The van der Waals surface area contributed by atoms with Crippen LogP contribution in [0, 0.1) is 0 Å². The van der Waals surface area contributed by atoms with Gasteiger partial charge in [0.05, 0.1) is 20.3 Å². The van der Waals surface area contributed by atoms with E-state index in [4.69, 9.17) is 9.47 Å². The molecule has 0 aromatic heterocycles. The number of nitrogens with zero attached hydrogens (tertiary/aromatic N) is 1. The van der Waals surface area contributed by atoms with Crippen molar-refractivity contribution in [3.63, 3.8) is 0 Å². The van der Waals surface area contributed by atoms with Crippen molar-refractivity contribution in [3.8, 4) is 22.6 Å². The molecular weight excluding hydrogens is 418 g/mol. The lowest BCUT2D eigenvalue weighted by Crippen LogP contribution is -2.41. The van der Waals surface area contributed by atoms with Crippen LogP contribution in [-0.4, -0.2) is 25.7 Å². The average Bonchev–Trinajstić information content (AvgIpc) is 2.90. The van der Waals surface area contributed by atoms with Crippen LogP contribution in [0.15, 0.2) is 91.0 Å². The van der Waals surface area contributed by atoms with Crippen LogP contribution >= 0.6 is 0 Å². The Balaban J connectivity index is 1.58. The molecule has 1 aliphatic heterocycles. The number of hydrogen-bond donors (Lipinski definition) is 0. The predicted molar refractivity (Wildman–Crippen MR) is 137 cm³/mol. The number of rotatable bonds is 5. The van der Waals surface area contributed by atoms with E-state index >= 15 is 0 Å². The molecule has 1 aliphatic carbocycles. The lowest BCUT2D eigenvalue weighted by Gasteiger charge is -2.46. The molecule has 170 valence electrons. The molecule has 4 aromatic carbocycles. The zero-order valence-electron chi connectivity index (χ0n) is 19.7. The molecule has 3 heteroatoms. The molecule has 0 saturated carbocycles. The molecule has 0 radical (unpaired) electrons. The Kier molecular flexibility index (Phi) is 5.35. The third kappa shape index (κ3) is 3.31. The summed E-state index contributed by atoms with van der Waals surface area (Å²) >= 11 is 0. The van der Waals surface area contributed by atoms with Crippen molar-refractivity contribution in [2.45, 2.75) is 24.9 Å². The summed E-state index contributed by atoms with van der Waals surface area (Å²) in [4.78, 5) is 2.71. The fourth-order valence-corrected chi connectivity index (χ4v) is 6.01. The number of methoxy groups -OCH3 is 2. The van der Waals surface area contributed by atoms with Gasteiger partial charge < -0.3 is 9.47 Å². The van der Waals surface area contributed by atoms with Gasteiger partial charge in [0.25, 0.3) is 0 Å². The molecule has 3 nitrogen and oxygen atoms in total. The third-order valence-corrected chi connectivity index (χ3v) is 7.43. The van der Waals surface area contributed by atoms with E-state index in [1.807, 2.05) is 0 Å². The fourth-order valence-electron chi connectivity index (χ4n) is 6.01. The van der Waals surface area contributed by atoms with E-state index in [1.165, 1.54) is 38.9 Å². The standard InChI is InChI=1S/C31H29NO2/c1-33-27-20-24-17-18-32(30(21-11-5-3-6-12-21)22-13-7-4-8-14-22)26-19-23-15-9-10-16-25(23)29(28(24)26)31(27)34-2/h3-16,20,26,30H,17-19H2,1-2H3. The summed E-state index contributed by atoms with van der Waals surface area (Å²) in [5, 5.41) is 0. The van der Waals surface area contributed by atoms with E-state index in [9.17, 15) is 0 Å². The van der Waals surface area contributed by atoms with Gasteiger partial charge in [0.1, 0.15) is 0 Å². The fraction of sp³-hybridized carbons (Fsp3) is 0.226. The maximum Gasteiger partial charge on any atom is 0.168 e. The highest BCUT2D eigenvalue weighted by Crippen LogP contribution is 2.54. The number of hydrogen-bond acceptors (Lipinski definition) is 3. The van der Waals surface area contributed by atoms with Gasteiger partial charge >= 0.3 is 0 Å². The Morgan fingerprint density at radius 1 is 0.765 bits per heavy atom. The van der Waals surface area contributed by atoms with Crippen molar-refractivity contribution in [2.75, 3.05) is 20.8 Å². The van der Waals surface area contributed by atoms with Gasteiger partial charge in [0, 0.05) is 18.2 Å². The maximum atomic E-state index is 5.98. The molecule has 4 aromatic rings. The summed E-state index contributed by atoms with van der Waals surface area (Å²) in [5.74, 6) is 1.67. The summed E-state index contributed by atoms with van der Waals surface area (Å²) in [7, 11) is 3.49.